The van der Waals surface area contributed by atoms with E-state index in [1.54, 1.807) is 13.8 Å². The van der Waals surface area contributed by atoms with Gasteiger partial charge in [0.1, 0.15) is 0 Å². The summed E-state index contributed by atoms with van der Waals surface area (Å²) in [7, 11) is 0. The van der Waals surface area contributed by atoms with Crippen LogP contribution >= 0.6 is 0 Å². The SMILES string of the molecule is CC(C)(N)C(=O)N[C@H]1CCCc2nc(N3CCC(CO)CC3)ncc21. The summed E-state index contributed by atoms with van der Waals surface area (Å²) in [4.78, 5) is 23.7. The van der Waals surface area contributed by atoms with Crippen molar-refractivity contribution < 1.29 is 9.90 Å². The van der Waals surface area contributed by atoms with E-state index in [0.29, 0.717) is 5.92 Å². The van der Waals surface area contributed by atoms with Crippen LogP contribution in [0.2, 0.25) is 0 Å². The molecule has 1 amide bonds. The van der Waals surface area contributed by atoms with Crippen LogP contribution in [0.25, 0.3) is 0 Å². The van der Waals surface area contributed by atoms with E-state index in [1.165, 1.54) is 0 Å². The third kappa shape index (κ3) is 4.10. The Labute approximate surface area is 149 Å². The van der Waals surface area contributed by atoms with Gasteiger partial charge in [-0.25, -0.2) is 9.97 Å². The molecule has 2 aliphatic rings. The first-order valence-electron chi connectivity index (χ1n) is 9.20. The van der Waals surface area contributed by atoms with Crippen LogP contribution < -0.4 is 16.0 Å². The van der Waals surface area contributed by atoms with Gasteiger partial charge < -0.3 is 21.1 Å². The molecule has 0 spiro atoms. The molecule has 4 N–H and O–H groups in total. The molecule has 138 valence electrons. The van der Waals surface area contributed by atoms with Gasteiger partial charge in [-0.05, 0) is 51.9 Å². The van der Waals surface area contributed by atoms with Crippen LogP contribution in [0.1, 0.15) is 56.8 Å². The second kappa shape index (κ2) is 7.25. The van der Waals surface area contributed by atoms with Gasteiger partial charge in [0.25, 0.3) is 0 Å². The zero-order valence-corrected chi connectivity index (χ0v) is 15.2. The summed E-state index contributed by atoms with van der Waals surface area (Å²) in [6.45, 7) is 5.44. The van der Waals surface area contributed by atoms with Crippen LogP contribution in [0.5, 0.6) is 0 Å². The fourth-order valence-electron chi connectivity index (χ4n) is 3.50. The van der Waals surface area contributed by atoms with Gasteiger partial charge in [0.2, 0.25) is 11.9 Å². The molecule has 0 radical (unpaired) electrons. The number of aliphatic hydroxyl groups excluding tert-OH is 1. The number of nitrogens with zero attached hydrogens (tertiary/aromatic N) is 3. The zero-order chi connectivity index (χ0) is 18.0. The number of amides is 1. The fraction of sp³-hybridized carbons (Fsp3) is 0.722. The Morgan fingerprint density at radius 3 is 2.76 bits per heavy atom. The number of anilines is 1. The molecule has 1 aliphatic carbocycles. The van der Waals surface area contributed by atoms with Gasteiger partial charge in [-0.2, -0.15) is 0 Å². The van der Waals surface area contributed by atoms with Crippen LogP contribution in [0.3, 0.4) is 0 Å². The molecule has 0 bridgehead atoms. The van der Waals surface area contributed by atoms with Gasteiger partial charge in [0, 0.05) is 31.5 Å². The molecule has 0 saturated carbocycles. The molecule has 7 nitrogen and oxygen atoms in total. The monoisotopic (exact) mass is 347 g/mol. The molecule has 0 aromatic carbocycles. The summed E-state index contributed by atoms with van der Waals surface area (Å²) in [6.07, 6.45) is 6.60. The van der Waals surface area contributed by atoms with Gasteiger partial charge in [0.15, 0.2) is 0 Å². The minimum atomic E-state index is -0.893. The zero-order valence-electron chi connectivity index (χ0n) is 15.2. The van der Waals surface area contributed by atoms with Gasteiger partial charge in [-0.3, -0.25) is 4.79 Å². The molecule has 0 unspecified atom stereocenters. The maximum absolute atomic E-state index is 12.2. The van der Waals surface area contributed by atoms with Crippen LogP contribution in [-0.4, -0.2) is 46.2 Å². The second-order valence-corrected chi connectivity index (χ2v) is 7.83. The Hall–Kier alpha value is -1.73. The number of nitrogens with one attached hydrogen (secondary N) is 1. The molecule has 1 aromatic heterocycles. The number of hydrogen-bond donors (Lipinski definition) is 3. The van der Waals surface area contributed by atoms with Crippen molar-refractivity contribution >= 4 is 11.9 Å². The number of carbonyl (C=O) groups is 1. The average molecular weight is 347 g/mol. The van der Waals surface area contributed by atoms with Crippen molar-refractivity contribution in [1.82, 2.24) is 15.3 Å². The summed E-state index contributed by atoms with van der Waals surface area (Å²) >= 11 is 0. The third-order valence-electron chi connectivity index (χ3n) is 5.22. The van der Waals surface area contributed by atoms with Crippen molar-refractivity contribution in [3.8, 4) is 0 Å². The normalized spacial score (nSPS) is 21.8. The summed E-state index contributed by atoms with van der Waals surface area (Å²) in [6, 6.07) is -0.0618. The topological polar surface area (TPSA) is 104 Å². The summed E-state index contributed by atoms with van der Waals surface area (Å²) in [5.74, 6) is 1.01. The Morgan fingerprint density at radius 2 is 2.12 bits per heavy atom. The first kappa shape index (κ1) is 18.1. The van der Waals surface area contributed by atoms with Crippen molar-refractivity contribution in [3.05, 3.63) is 17.5 Å². The van der Waals surface area contributed by atoms with Crippen LogP contribution in [0.4, 0.5) is 5.95 Å². The van der Waals surface area contributed by atoms with Gasteiger partial charge in [-0.1, -0.05) is 0 Å². The lowest BCUT2D eigenvalue weighted by Crippen LogP contribution is -2.50. The van der Waals surface area contributed by atoms with Crippen LogP contribution in [-0.2, 0) is 11.2 Å². The Kier molecular flexibility index (Phi) is 5.24. The number of aliphatic hydroxyl groups is 1. The number of nitrogens with two attached hydrogens (primary N) is 1. The van der Waals surface area contributed by atoms with E-state index in [-0.39, 0.29) is 18.6 Å². The van der Waals surface area contributed by atoms with Crippen molar-refractivity contribution in [3.63, 3.8) is 0 Å². The van der Waals surface area contributed by atoms with E-state index in [1.807, 2.05) is 6.20 Å². The highest BCUT2D eigenvalue weighted by atomic mass is 16.3. The Bertz CT molecular complexity index is 620. The van der Waals surface area contributed by atoms with E-state index in [2.05, 4.69) is 15.2 Å². The van der Waals surface area contributed by atoms with E-state index in [4.69, 9.17) is 10.7 Å². The predicted molar refractivity (Wildman–Crippen MR) is 96.1 cm³/mol. The predicted octanol–water partition coefficient (Wildman–Crippen LogP) is 0.916. The maximum atomic E-state index is 12.2. The fourth-order valence-corrected chi connectivity index (χ4v) is 3.50. The van der Waals surface area contributed by atoms with Crippen LogP contribution in [0.15, 0.2) is 6.20 Å². The first-order valence-corrected chi connectivity index (χ1v) is 9.20. The number of aromatic nitrogens is 2. The Balaban J connectivity index is 1.73. The van der Waals surface area contributed by atoms with Crippen molar-refractivity contribution in [2.45, 2.75) is 57.5 Å². The molecule has 7 heteroatoms. The van der Waals surface area contributed by atoms with E-state index >= 15 is 0 Å². The lowest BCUT2D eigenvalue weighted by atomic mass is 9.91. The molecule has 1 aliphatic heterocycles. The molecule has 1 saturated heterocycles. The van der Waals surface area contributed by atoms with Crippen molar-refractivity contribution in [1.29, 1.82) is 0 Å². The molecule has 1 aromatic rings. The van der Waals surface area contributed by atoms with Gasteiger partial charge >= 0.3 is 0 Å². The number of carbonyl (C=O) groups excluding carboxylic acids is 1. The number of hydrogen-bond acceptors (Lipinski definition) is 6. The summed E-state index contributed by atoms with van der Waals surface area (Å²) in [5.41, 5.74) is 7.04. The number of fused-ring (bicyclic) bond motifs is 1. The molecular weight excluding hydrogens is 318 g/mol. The lowest BCUT2D eigenvalue weighted by Gasteiger charge is -2.33. The lowest BCUT2D eigenvalue weighted by molar-refractivity contribution is -0.126. The van der Waals surface area contributed by atoms with Crippen molar-refractivity contribution in [2.24, 2.45) is 11.7 Å². The first-order chi connectivity index (χ1) is 11.9. The van der Waals surface area contributed by atoms with Gasteiger partial charge in [-0.15, -0.1) is 0 Å². The standard InChI is InChI=1S/C18H29N5O2/c1-18(2,19)16(25)21-14-4-3-5-15-13(14)10-20-17(22-15)23-8-6-12(11-24)7-9-23/h10,12,14,24H,3-9,11,19H2,1-2H3,(H,21,25)/t14-/m0/s1. The summed E-state index contributed by atoms with van der Waals surface area (Å²) in [5, 5.41) is 12.3. The Morgan fingerprint density at radius 1 is 1.40 bits per heavy atom. The van der Waals surface area contributed by atoms with Crippen LogP contribution in [0, 0.1) is 5.92 Å². The van der Waals surface area contributed by atoms with Gasteiger partial charge in [0.05, 0.1) is 17.3 Å². The molecule has 2 heterocycles. The second-order valence-electron chi connectivity index (χ2n) is 7.83. The minimum absolute atomic E-state index is 0.0618. The number of piperidine rings is 1. The largest absolute Gasteiger partial charge is 0.396 e. The quantitative estimate of drug-likeness (QED) is 0.748. The average Bonchev–Trinajstić information content (AvgIpc) is 2.61. The van der Waals surface area contributed by atoms with E-state index in [9.17, 15) is 9.90 Å². The highest BCUT2D eigenvalue weighted by Gasteiger charge is 2.29. The number of rotatable bonds is 4. The molecule has 3 rings (SSSR count). The van der Waals surface area contributed by atoms with Crippen molar-refractivity contribution in [2.75, 3.05) is 24.6 Å². The molecule has 1 atom stereocenters. The number of aryl methyl sites for hydroxylation is 1. The highest BCUT2D eigenvalue weighted by molar-refractivity contribution is 5.85. The molecule has 1 fully saturated rings. The minimum Gasteiger partial charge on any atom is -0.396 e. The third-order valence-corrected chi connectivity index (χ3v) is 5.22. The van der Waals surface area contributed by atoms with E-state index < -0.39 is 5.54 Å². The molecular formula is C18H29N5O2. The smallest absolute Gasteiger partial charge is 0.239 e. The maximum Gasteiger partial charge on any atom is 0.239 e. The highest BCUT2D eigenvalue weighted by Crippen LogP contribution is 2.30. The van der Waals surface area contributed by atoms with E-state index in [0.717, 1.165) is 62.4 Å². The summed E-state index contributed by atoms with van der Waals surface area (Å²) < 4.78 is 0. The molecule has 25 heavy (non-hydrogen) atoms.